The van der Waals surface area contributed by atoms with Crippen LogP contribution in [0.1, 0.15) is 31.4 Å². The van der Waals surface area contributed by atoms with Crippen molar-refractivity contribution in [3.05, 3.63) is 82.6 Å². The number of urea groups is 1. The van der Waals surface area contributed by atoms with E-state index < -0.39 is 35.4 Å². The Morgan fingerprint density at radius 2 is 1.89 bits per heavy atom. The fourth-order valence-corrected chi connectivity index (χ4v) is 4.27. The molecule has 6 nitrogen and oxygen atoms in total. The fourth-order valence-electron chi connectivity index (χ4n) is 4.12. The SMILES string of the molecule is CC(N)c1cccc(-c2ccc(N3CCC[C@@H](NC(=O)Nc4ccc(Cl)cc4F)C3=O)c(F)c2F)c1. The molecule has 0 radical (unpaired) electrons. The van der Waals surface area contributed by atoms with Gasteiger partial charge in [0.1, 0.15) is 11.9 Å². The number of halogens is 4. The summed E-state index contributed by atoms with van der Waals surface area (Å²) in [5.74, 6) is -3.59. The third kappa shape index (κ3) is 5.32. The normalized spacial score (nSPS) is 16.6. The van der Waals surface area contributed by atoms with Gasteiger partial charge >= 0.3 is 6.03 Å². The molecular weight excluding hydrogens is 493 g/mol. The molecule has 10 heteroatoms. The summed E-state index contributed by atoms with van der Waals surface area (Å²) in [7, 11) is 0. The maximum atomic E-state index is 15.2. The Kier molecular flexibility index (Phi) is 7.51. The number of hydrogen-bond donors (Lipinski definition) is 3. The number of nitrogens with zero attached hydrogens (tertiary/aromatic N) is 1. The number of nitrogens with one attached hydrogen (secondary N) is 2. The van der Waals surface area contributed by atoms with E-state index in [0.717, 1.165) is 16.5 Å². The molecule has 3 aromatic carbocycles. The molecule has 2 atom stereocenters. The van der Waals surface area contributed by atoms with Gasteiger partial charge in [0, 0.05) is 23.2 Å². The molecule has 4 N–H and O–H groups in total. The number of nitrogens with two attached hydrogens (primary N) is 1. The van der Waals surface area contributed by atoms with Crippen LogP contribution in [0, 0.1) is 17.5 Å². The number of benzene rings is 3. The van der Waals surface area contributed by atoms with E-state index in [4.69, 9.17) is 17.3 Å². The van der Waals surface area contributed by atoms with Crippen molar-refractivity contribution in [2.75, 3.05) is 16.8 Å². The first kappa shape index (κ1) is 25.5. The van der Waals surface area contributed by atoms with E-state index in [0.29, 0.717) is 12.0 Å². The minimum absolute atomic E-state index is 0.0438. The number of carbonyl (C=O) groups is 2. The molecule has 1 aliphatic heterocycles. The first-order valence-electron chi connectivity index (χ1n) is 11.3. The Morgan fingerprint density at radius 1 is 1.11 bits per heavy atom. The van der Waals surface area contributed by atoms with Crippen LogP contribution >= 0.6 is 11.6 Å². The number of hydrogen-bond acceptors (Lipinski definition) is 3. The van der Waals surface area contributed by atoms with Gasteiger partial charge in [-0.05, 0) is 67.3 Å². The molecule has 1 heterocycles. The molecule has 0 saturated carbocycles. The third-order valence-corrected chi connectivity index (χ3v) is 6.23. The molecule has 3 amide bonds. The standard InChI is InChI=1S/C26H24ClF3N4O2/c1-14(31)15-4-2-5-16(12-15)18-8-10-22(24(30)23(18)29)34-11-3-6-21(25(34)35)33-26(36)32-20-9-7-17(27)13-19(20)28/h2,4-5,7-10,12-14,21H,3,6,11,31H2,1H3,(H2,32,33,36)/t14?,21-/m1/s1. The molecular formula is C26H24ClF3N4O2. The van der Waals surface area contributed by atoms with Gasteiger partial charge in [-0.15, -0.1) is 0 Å². The largest absolute Gasteiger partial charge is 0.326 e. The Bertz CT molecular complexity index is 1320. The van der Waals surface area contributed by atoms with Crippen molar-refractivity contribution in [1.82, 2.24) is 5.32 Å². The van der Waals surface area contributed by atoms with Crippen LogP contribution in [0.15, 0.2) is 54.6 Å². The van der Waals surface area contributed by atoms with Crippen molar-refractivity contribution >= 4 is 34.9 Å². The minimum Gasteiger partial charge on any atom is -0.326 e. The molecule has 1 aliphatic rings. The van der Waals surface area contributed by atoms with Gasteiger partial charge in [-0.2, -0.15) is 0 Å². The second kappa shape index (κ2) is 10.6. The van der Waals surface area contributed by atoms with Crippen LogP contribution in [-0.4, -0.2) is 24.5 Å². The maximum Gasteiger partial charge on any atom is 0.319 e. The van der Waals surface area contributed by atoms with Crippen molar-refractivity contribution < 1.29 is 22.8 Å². The Hall–Kier alpha value is -3.56. The lowest BCUT2D eigenvalue weighted by Gasteiger charge is -2.33. The van der Waals surface area contributed by atoms with E-state index >= 15 is 8.78 Å². The molecule has 36 heavy (non-hydrogen) atoms. The monoisotopic (exact) mass is 516 g/mol. The second-order valence-corrected chi connectivity index (χ2v) is 9.02. The van der Waals surface area contributed by atoms with Crippen molar-refractivity contribution in [3.63, 3.8) is 0 Å². The van der Waals surface area contributed by atoms with Gasteiger partial charge in [-0.3, -0.25) is 4.79 Å². The Morgan fingerprint density at radius 3 is 2.61 bits per heavy atom. The summed E-state index contributed by atoms with van der Waals surface area (Å²) in [5.41, 5.74) is 6.84. The molecule has 1 unspecified atom stereocenters. The average Bonchev–Trinajstić information content (AvgIpc) is 2.84. The lowest BCUT2D eigenvalue weighted by molar-refractivity contribution is -0.121. The summed E-state index contributed by atoms with van der Waals surface area (Å²) in [5, 5.41) is 4.96. The van der Waals surface area contributed by atoms with Crippen molar-refractivity contribution in [2.24, 2.45) is 5.73 Å². The molecule has 4 rings (SSSR count). The zero-order valence-corrected chi connectivity index (χ0v) is 20.1. The second-order valence-electron chi connectivity index (χ2n) is 8.58. The lowest BCUT2D eigenvalue weighted by Crippen LogP contribution is -2.53. The first-order valence-corrected chi connectivity index (χ1v) is 11.7. The third-order valence-electron chi connectivity index (χ3n) is 6.00. The van der Waals surface area contributed by atoms with Gasteiger partial charge in [0.15, 0.2) is 11.6 Å². The highest BCUT2D eigenvalue weighted by Crippen LogP contribution is 2.33. The van der Waals surface area contributed by atoms with Crippen LogP contribution < -0.4 is 21.3 Å². The van der Waals surface area contributed by atoms with E-state index in [9.17, 15) is 14.0 Å². The molecule has 0 aliphatic carbocycles. The number of rotatable bonds is 5. The summed E-state index contributed by atoms with van der Waals surface area (Å²) in [4.78, 5) is 26.5. The van der Waals surface area contributed by atoms with Crippen LogP contribution in [0.3, 0.4) is 0 Å². The van der Waals surface area contributed by atoms with E-state index in [-0.39, 0.29) is 41.0 Å². The first-order chi connectivity index (χ1) is 17.2. The van der Waals surface area contributed by atoms with Crippen LogP contribution in [0.4, 0.5) is 29.3 Å². The zero-order chi connectivity index (χ0) is 26.0. The summed E-state index contributed by atoms with van der Waals surface area (Å²) in [6, 6.07) is 11.2. The van der Waals surface area contributed by atoms with Gasteiger partial charge in [-0.1, -0.05) is 29.8 Å². The summed E-state index contributed by atoms with van der Waals surface area (Å²) >= 11 is 5.71. The summed E-state index contributed by atoms with van der Waals surface area (Å²) in [6.07, 6.45) is 0.726. The summed E-state index contributed by atoms with van der Waals surface area (Å²) in [6.45, 7) is 1.94. The number of anilines is 2. The van der Waals surface area contributed by atoms with Crippen LogP contribution in [0.2, 0.25) is 5.02 Å². The average molecular weight is 517 g/mol. The van der Waals surface area contributed by atoms with Gasteiger partial charge in [0.25, 0.3) is 0 Å². The van der Waals surface area contributed by atoms with Crippen LogP contribution in [0.5, 0.6) is 0 Å². The minimum atomic E-state index is -1.17. The smallest absolute Gasteiger partial charge is 0.319 e. The van der Waals surface area contributed by atoms with Gasteiger partial charge in [-0.25, -0.2) is 18.0 Å². The highest BCUT2D eigenvalue weighted by Gasteiger charge is 2.33. The molecule has 0 spiro atoms. The quantitative estimate of drug-likeness (QED) is 0.403. The van der Waals surface area contributed by atoms with Gasteiger partial charge in [0.2, 0.25) is 5.91 Å². The molecule has 1 saturated heterocycles. The number of carbonyl (C=O) groups excluding carboxylic acids is 2. The van der Waals surface area contributed by atoms with Gasteiger partial charge < -0.3 is 21.3 Å². The predicted molar refractivity (Wildman–Crippen MR) is 133 cm³/mol. The Balaban J connectivity index is 1.52. The number of piperidine rings is 1. The summed E-state index contributed by atoms with van der Waals surface area (Å²) < 4.78 is 44.2. The fraction of sp³-hybridized carbons (Fsp3) is 0.231. The van der Waals surface area contributed by atoms with Gasteiger partial charge in [0.05, 0.1) is 11.4 Å². The van der Waals surface area contributed by atoms with Crippen LogP contribution in [0.25, 0.3) is 11.1 Å². The van der Waals surface area contributed by atoms with E-state index in [1.165, 1.54) is 24.3 Å². The zero-order valence-electron chi connectivity index (χ0n) is 19.3. The molecule has 3 aromatic rings. The van der Waals surface area contributed by atoms with E-state index in [1.807, 2.05) is 0 Å². The topological polar surface area (TPSA) is 87.5 Å². The molecule has 0 aromatic heterocycles. The lowest BCUT2D eigenvalue weighted by atomic mass is 9.98. The number of amides is 3. The predicted octanol–water partition coefficient (Wildman–Crippen LogP) is 5.76. The van der Waals surface area contributed by atoms with Crippen LogP contribution in [-0.2, 0) is 4.79 Å². The van der Waals surface area contributed by atoms with E-state index in [2.05, 4.69) is 10.6 Å². The molecule has 0 bridgehead atoms. The Labute approximate surface area is 211 Å². The van der Waals surface area contributed by atoms with Crippen molar-refractivity contribution in [3.8, 4) is 11.1 Å². The van der Waals surface area contributed by atoms with Crippen molar-refractivity contribution in [1.29, 1.82) is 0 Å². The maximum absolute atomic E-state index is 15.2. The van der Waals surface area contributed by atoms with E-state index in [1.54, 1.807) is 31.2 Å². The van der Waals surface area contributed by atoms with Crippen molar-refractivity contribution in [2.45, 2.75) is 31.8 Å². The molecule has 1 fully saturated rings. The highest BCUT2D eigenvalue weighted by atomic mass is 35.5. The molecule has 188 valence electrons. The highest BCUT2D eigenvalue weighted by molar-refractivity contribution is 6.30.